The van der Waals surface area contributed by atoms with Crippen molar-refractivity contribution in [1.29, 1.82) is 0 Å². The molecule has 1 heterocycles. The van der Waals surface area contributed by atoms with E-state index in [1.165, 1.54) is 0 Å². The number of benzene rings is 2. The van der Waals surface area contributed by atoms with Gasteiger partial charge in [-0.2, -0.15) is 0 Å². The van der Waals surface area contributed by atoms with E-state index in [1.807, 2.05) is 42.5 Å². The zero-order chi connectivity index (χ0) is 16.1. The van der Waals surface area contributed by atoms with Crippen molar-refractivity contribution in [2.24, 2.45) is 4.99 Å². The molecule has 0 N–H and O–H groups in total. The van der Waals surface area contributed by atoms with Crippen LogP contribution < -0.4 is 4.43 Å². The Bertz CT molecular complexity index is 782. The average Bonchev–Trinajstić information content (AvgIpc) is 3.08. The summed E-state index contributed by atoms with van der Waals surface area (Å²) in [6, 6.07) is 22.5. The van der Waals surface area contributed by atoms with Crippen LogP contribution in [0.5, 0.6) is 5.75 Å². The van der Waals surface area contributed by atoms with Gasteiger partial charge in [0.05, 0.1) is 10.6 Å². The minimum Gasteiger partial charge on any atom is -0.541 e. The van der Waals surface area contributed by atoms with Crippen LogP contribution >= 0.6 is 11.3 Å². The Morgan fingerprint density at radius 3 is 2.35 bits per heavy atom. The van der Waals surface area contributed by atoms with Gasteiger partial charge in [-0.3, -0.25) is 0 Å². The molecule has 0 bridgehead atoms. The molecule has 0 aliphatic rings. The van der Waals surface area contributed by atoms with Gasteiger partial charge in [0.15, 0.2) is 0 Å². The first-order valence-electron chi connectivity index (χ1n) is 7.49. The third-order valence-corrected chi connectivity index (χ3v) is 4.72. The third-order valence-electron chi connectivity index (χ3n) is 3.21. The zero-order valence-corrected chi connectivity index (χ0v) is 15.0. The molecule has 3 rings (SSSR count). The highest BCUT2D eigenvalue weighted by atomic mass is 32.1. The van der Waals surface area contributed by atoms with E-state index in [1.54, 1.807) is 11.3 Å². The van der Waals surface area contributed by atoms with Gasteiger partial charge in [0.1, 0.15) is 11.4 Å². The van der Waals surface area contributed by atoms with Gasteiger partial charge >= 0.3 is 0 Å². The predicted octanol–water partition coefficient (Wildman–Crippen LogP) is 5.55. The van der Waals surface area contributed by atoms with E-state index in [0.29, 0.717) is 0 Å². The van der Waals surface area contributed by atoms with Gasteiger partial charge in [-0.1, -0.05) is 48.5 Å². The van der Waals surface area contributed by atoms with Gasteiger partial charge < -0.3 is 4.43 Å². The summed E-state index contributed by atoms with van der Waals surface area (Å²) < 4.78 is 6.00. The number of nitrogens with zero attached hydrogens (tertiary/aromatic N) is 1. The molecule has 0 saturated heterocycles. The Kier molecular flexibility index (Phi) is 5.05. The molecule has 0 fully saturated rings. The number of hydrogen-bond acceptors (Lipinski definition) is 3. The second-order valence-electron chi connectivity index (χ2n) is 5.28. The minimum atomic E-state index is -0.828. The van der Waals surface area contributed by atoms with Crippen LogP contribution in [0.3, 0.4) is 0 Å². The monoisotopic (exact) mass is 336 g/mol. The number of hydrogen-bond donors (Lipinski definition) is 0. The first kappa shape index (κ1) is 15.7. The maximum atomic E-state index is 6.00. The number of thiophene rings is 1. The minimum absolute atomic E-state index is 0.828. The van der Waals surface area contributed by atoms with Crippen LogP contribution in [-0.4, -0.2) is 14.8 Å². The highest BCUT2D eigenvalue weighted by Gasteiger charge is 2.11. The molecule has 2 aromatic carbocycles. The van der Waals surface area contributed by atoms with Gasteiger partial charge in [-0.25, -0.2) is 4.99 Å². The second-order valence-corrected chi connectivity index (χ2v) is 8.25. The van der Waals surface area contributed by atoms with E-state index in [4.69, 9.17) is 9.42 Å². The largest absolute Gasteiger partial charge is 0.541 e. The maximum Gasteiger partial charge on any atom is 0.274 e. The lowest BCUT2D eigenvalue weighted by atomic mass is 10.1. The highest BCUT2D eigenvalue weighted by molar-refractivity contribution is 7.12. The van der Waals surface area contributed by atoms with Gasteiger partial charge in [0.25, 0.3) is 9.04 Å². The van der Waals surface area contributed by atoms with Gasteiger partial charge in [0, 0.05) is 5.56 Å². The normalized spacial score (nSPS) is 11.7. The Morgan fingerprint density at radius 2 is 1.65 bits per heavy atom. The maximum absolute atomic E-state index is 6.00. The second kappa shape index (κ2) is 7.40. The lowest BCUT2D eigenvalue weighted by Gasteiger charge is -2.12. The van der Waals surface area contributed by atoms with Crippen molar-refractivity contribution in [3.63, 3.8) is 0 Å². The smallest absolute Gasteiger partial charge is 0.274 e. The van der Waals surface area contributed by atoms with Crippen molar-refractivity contribution in [2.45, 2.75) is 13.1 Å². The molecule has 1 aromatic heterocycles. The number of aliphatic imine (C=N–C) groups is 1. The quantitative estimate of drug-likeness (QED) is 0.442. The molecule has 0 aliphatic carbocycles. The molecular weight excluding hydrogens is 318 g/mol. The summed E-state index contributed by atoms with van der Waals surface area (Å²) in [6.07, 6.45) is 0. The standard InChI is InChI=1S/C19H18NOSSi/c1-23(2)21-17-12-7-6-11-16(17)20-19(18-13-8-14-22-18)15-9-4-3-5-10-15/h3-14H,1-2H3. The van der Waals surface area contributed by atoms with Crippen molar-refractivity contribution in [1.82, 2.24) is 0 Å². The Balaban J connectivity index is 2.09. The van der Waals surface area contributed by atoms with E-state index >= 15 is 0 Å². The molecule has 1 radical (unpaired) electrons. The van der Waals surface area contributed by atoms with E-state index in [0.717, 1.165) is 27.6 Å². The molecule has 3 aromatic rings. The SMILES string of the molecule is C[Si](C)Oc1ccccc1N=C(c1ccccc1)c1cccs1. The van der Waals surface area contributed by atoms with Crippen molar-refractivity contribution in [3.05, 3.63) is 82.6 Å². The highest BCUT2D eigenvalue weighted by Crippen LogP contribution is 2.30. The fraction of sp³-hybridized carbons (Fsp3) is 0.105. The lowest BCUT2D eigenvalue weighted by Crippen LogP contribution is -2.11. The fourth-order valence-electron chi connectivity index (χ4n) is 2.25. The lowest BCUT2D eigenvalue weighted by molar-refractivity contribution is 0.582. The van der Waals surface area contributed by atoms with Crippen molar-refractivity contribution in [2.75, 3.05) is 0 Å². The molecule has 115 valence electrons. The molecular formula is C19H18NOSSi. The Morgan fingerprint density at radius 1 is 0.913 bits per heavy atom. The fourth-order valence-corrected chi connectivity index (χ4v) is 3.60. The average molecular weight is 337 g/mol. The van der Waals surface area contributed by atoms with E-state index < -0.39 is 9.04 Å². The van der Waals surface area contributed by atoms with Gasteiger partial charge in [-0.15, -0.1) is 11.3 Å². The predicted molar refractivity (Wildman–Crippen MR) is 101 cm³/mol. The molecule has 2 nitrogen and oxygen atoms in total. The van der Waals surface area contributed by atoms with E-state index in [2.05, 4.69) is 42.7 Å². The Hall–Kier alpha value is -2.17. The molecule has 0 spiro atoms. The third kappa shape index (κ3) is 3.97. The van der Waals surface area contributed by atoms with Crippen LogP contribution in [0.15, 0.2) is 77.1 Å². The van der Waals surface area contributed by atoms with Gasteiger partial charge in [-0.05, 0) is 36.7 Å². The summed E-state index contributed by atoms with van der Waals surface area (Å²) in [5.74, 6) is 0.858. The molecule has 0 unspecified atom stereocenters. The van der Waals surface area contributed by atoms with Crippen LogP contribution in [0.2, 0.25) is 13.1 Å². The summed E-state index contributed by atoms with van der Waals surface area (Å²) in [7, 11) is -0.828. The summed E-state index contributed by atoms with van der Waals surface area (Å²) in [5, 5.41) is 2.08. The first-order valence-corrected chi connectivity index (χ1v) is 10.8. The topological polar surface area (TPSA) is 21.6 Å². The van der Waals surface area contributed by atoms with Crippen LogP contribution in [0, 0.1) is 0 Å². The molecule has 0 aliphatic heterocycles. The van der Waals surface area contributed by atoms with Crippen molar-refractivity contribution >= 4 is 31.8 Å². The molecule has 23 heavy (non-hydrogen) atoms. The van der Waals surface area contributed by atoms with Crippen LogP contribution in [0.1, 0.15) is 10.4 Å². The first-order chi connectivity index (χ1) is 11.2. The summed E-state index contributed by atoms with van der Waals surface area (Å²) in [6.45, 7) is 4.26. The summed E-state index contributed by atoms with van der Waals surface area (Å²) >= 11 is 1.70. The van der Waals surface area contributed by atoms with E-state index in [-0.39, 0.29) is 0 Å². The molecule has 4 heteroatoms. The van der Waals surface area contributed by atoms with Crippen LogP contribution in [-0.2, 0) is 0 Å². The zero-order valence-electron chi connectivity index (χ0n) is 13.2. The van der Waals surface area contributed by atoms with Crippen LogP contribution in [0.25, 0.3) is 0 Å². The molecule has 0 amide bonds. The van der Waals surface area contributed by atoms with Crippen LogP contribution in [0.4, 0.5) is 5.69 Å². The summed E-state index contributed by atoms with van der Waals surface area (Å²) in [5.41, 5.74) is 2.98. The number of rotatable bonds is 5. The Labute approximate surface area is 142 Å². The van der Waals surface area contributed by atoms with E-state index in [9.17, 15) is 0 Å². The van der Waals surface area contributed by atoms with Crippen molar-refractivity contribution < 1.29 is 4.43 Å². The van der Waals surface area contributed by atoms with Crippen molar-refractivity contribution in [3.8, 4) is 5.75 Å². The summed E-state index contributed by atoms with van der Waals surface area (Å²) in [4.78, 5) is 6.10. The number of para-hydroxylation sites is 2. The van der Waals surface area contributed by atoms with Gasteiger partial charge in [0.2, 0.25) is 0 Å². The molecule has 0 atom stereocenters. The molecule has 0 saturated carbocycles.